The van der Waals surface area contributed by atoms with Crippen molar-refractivity contribution in [3.8, 4) is 16.3 Å². The fourth-order valence-electron chi connectivity index (χ4n) is 3.04. The number of aryl methyl sites for hydroxylation is 1. The average Bonchev–Trinajstić information content (AvgIpc) is 3.17. The van der Waals surface area contributed by atoms with Crippen LogP contribution in [0.1, 0.15) is 25.5 Å². The van der Waals surface area contributed by atoms with Crippen LogP contribution >= 0.6 is 11.3 Å². The van der Waals surface area contributed by atoms with Gasteiger partial charge >= 0.3 is 12.2 Å². The van der Waals surface area contributed by atoms with E-state index in [1.165, 1.54) is 22.3 Å². The van der Waals surface area contributed by atoms with Crippen molar-refractivity contribution in [2.45, 2.75) is 26.2 Å². The van der Waals surface area contributed by atoms with E-state index in [0.29, 0.717) is 42.2 Å². The van der Waals surface area contributed by atoms with E-state index < -0.39 is 12.2 Å². The average molecular weight is 405 g/mol. The highest BCUT2D eigenvalue weighted by molar-refractivity contribution is 7.13. The highest BCUT2D eigenvalue weighted by Gasteiger charge is 2.23. The van der Waals surface area contributed by atoms with Gasteiger partial charge in [0.2, 0.25) is 0 Å². The van der Waals surface area contributed by atoms with Gasteiger partial charge in [-0.2, -0.15) is 0 Å². The van der Waals surface area contributed by atoms with Crippen LogP contribution in [0, 0.1) is 5.92 Å². The molecule has 0 radical (unpaired) electrons. The Hall–Kier alpha value is -2.81. The number of piperidine rings is 1. The summed E-state index contributed by atoms with van der Waals surface area (Å²) in [6.45, 7) is 3.16. The van der Waals surface area contributed by atoms with Crippen molar-refractivity contribution < 1.29 is 24.5 Å². The Morgan fingerprint density at radius 1 is 1.36 bits per heavy atom. The first kappa shape index (κ1) is 19.9. The molecule has 0 unspecified atom stereocenters. The van der Waals surface area contributed by atoms with Crippen LogP contribution in [-0.4, -0.2) is 52.0 Å². The minimum Gasteiger partial charge on any atom is -0.508 e. The lowest BCUT2D eigenvalue weighted by Crippen LogP contribution is -2.38. The number of benzene rings is 1. The summed E-state index contributed by atoms with van der Waals surface area (Å²) in [7, 11) is 0. The van der Waals surface area contributed by atoms with Gasteiger partial charge in [-0.1, -0.05) is 6.92 Å². The number of aromatic hydroxyl groups is 1. The molecule has 1 saturated heterocycles. The number of phenols is 1. The molecule has 1 aromatic carbocycles. The first-order valence-corrected chi connectivity index (χ1v) is 10.0. The van der Waals surface area contributed by atoms with Gasteiger partial charge in [0.05, 0.1) is 18.0 Å². The number of hydrogen-bond donors (Lipinski definition) is 3. The first-order chi connectivity index (χ1) is 13.5. The third-order valence-corrected chi connectivity index (χ3v) is 5.64. The van der Waals surface area contributed by atoms with Crippen LogP contribution in [0.25, 0.3) is 10.6 Å². The minimum absolute atomic E-state index is 0.0901. The Morgan fingerprint density at radius 2 is 2.11 bits per heavy atom. The van der Waals surface area contributed by atoms with Crippen molar-refractivity contribution in [3.05, 3.63) is 29.3 Å². The highest BCUT2D eigenvalue weighted by atomic mass is 32.1. The van der Waals surface area contributed by atoms with Gasteiger partial charge in [0.1, 0.15) is 10.8 Å². The molecule has 150 valence electrons. The number of rotatable bonds is 5. The molecule has 0 saturated carbocycles. The number of aromatic nitrogens is 1. The molecule has 2 aromatic rings. The molecule has 2 heterocycles. The fraction of sp³-hybridized carbons (Fsp3) is 0.421. The van der Waals surface area contributed by atoms with Crippen LogP contribution in [0.4, 0.5) is 15.3 Å². The summed E-state index contributed by atoms with van der Waals surface area (Å²) in [5.41, 5.74) is 2.10. The zero-order chi connectivity index (χ0) is 20.1. The number of carbonyl (C=O) groups excluding carboxylic acids is 1. The lowest BCUT2D eigenvalue weighted by atomic mass is 9.98. The van der Waals surface area contributed by atoms with Crippen molar-refractivity contribution in [3.63, 3.8) is 0 Å². The van der Waals surface area contributed by atoms with E-state index in [-0.39, 0.29) is 18.3 Å². The summed E-state index contributed by atoms with van der Waals surface area (Å²) >= 11 is 1.45. The monoisotopic (exact) mass is 405 g/mol. The van der Waals surface area contributed by atoms with Gasteiger partial charge in [0, 0.05) is 24.0 Å². The highest BCUT2D eigenvalue weighted by Crippen LogP contribution is 2.33. The van der Waals surface area contributed by atoms with Crippen molar-refractivity contribution in [2.24, 2.45) is 5.92 Å². The molecule has 28 heavy (non-hydrogen) atoms. The molecule has 3 rings (SSSR count). The Kier molecular flexibility index (Phi) is 6.35. The molecule has 2 amide bonds. The second kappa shape index (κ2) is 8.92. The van der Waals surface area contributed by atoms with Gasteiger partial charge in [-0.05, 0) is 43.4 Å². The smallest absolute Gasteiger partial charge is 0.411 e. The molecule has 9 heteroatoms. The topological polar surface area (TPSA) is 112 Å². The second-order valence-electron chi connectivity index (χ2n) is 6.66. The van der Waals surface area contributed by atoms with Crippen LogP contribution in [0.15, 0.2) is 23.6 Å². The molecule has 0 aliphatic carbocycles. The Balaban J connectivity index is 1.59. The number of hydrogen-bond acceptors (Lipinski definition) is 6. The predicted octanol–water partition coefficient (Wildman–Crippen LogP) is 4.02. The summed E-state index contributed by atoms with van der Waals surface area (Å²) in [6.07, 6.45) is 0.650. The number of phenolic OH excluding ortho intramolecular Hbond substituents is 1. The number of amides is 2. The van der Waals surface area contributed by atoms with E-state index in [4.69, 9.17) is 9.84 Å². The molecule has 3 N–H and O–H groups in total. The second-order valence-corrected chi connectivity index (χ2v) is 7.52. The van der Waals surface area contributed by atoms with Gasteiger partial charge in [0.25, 0.3) is 0 Å². The molecule has 1 aliphatic heterocycles. The number of ether oxygens (including phenoxy) is 1. The lowest BCUT2D eigenvalue weighted by Gasteiger charge is -2.29. The van der Waals surface area contributed by atoms with E-state index in [1.807, 2.05) is 12.3 Å². The van der Waals surface area contributed by atoms with Crippen LogP contribution in [0.3, 0.4) is 0 Å². The van der Waals surface area contributed by atoms with Crippen molar-refractivity contribution in [1.29, 1.82) is 0 Å². The number of nitrogens with zero attached hydrogens (tertiary/aromatic N) is 2. The largest absolute Gasteiger partial charge is 0.508 e. The molecule has 1 fully saturated rings. The minimum atomic E-state index is -0.912. The predicted molar refractivity (Wildman–Crippen MR) is 106 cm³/mol. The quantitative estimate of drug-likeness (QED) is 0.648. The Morgan fingerprint density at radius 3 is 2.75 bits per heavy atom. The first-order valence-electron chi connectivity index (χ1n) is 9.15. The molecule has 8 nitrogen and oxygen atoms in total. The van der Waals surface area contributed by atoms with E-state index >= 15 is 0 Å². The van der Waals surface area contributed by atoms with Gasteiger partial charge in [-0.15, -0.1) is 11.3 Å². The van der Waals surface area contributed by atoms with E-state index in [9.17, 15) is 14.7 Å². The Labute approximate surface area is 166 Å². The molecule has 1 aliphatic rings. The lowest BCUT2D eigenvalue weighted by molar-refractivity contribution is 0.0948. The fourth-order valence-corrected chi connectivity index (χ4v) is 3.97. The number of carboxylic acid groups (broad SMARTS) is 1. The van der Waals surface area contributed by atoms with Crippen molar-refractivity contribution in [2.75, 3.05) is 25.0 Å². The SMILES string of the molecule is CCc1csc(-c2cc(O)ccc2NC(=O)OCC2CCN(C(=O)O)CC2)n1. The number of carbonyl (C=O) groups is 2. The van der Waals surface area contributed by atoms with E-state index in [2.05, 4.69) is 10.3 Å². The third kappa shape index (κ3) is 4.92. The summed E-state index contributed by atoms with van der Waals surface area (Å²) in [5, 5.41) is 24.2. The van der Waals surface area contributed by atoms with Gasteiger partial charge in [-0.25, -0.2) is 14.6 Å². The van der Waals surface area contributed by atoms with Gasteiger partial charge in [-0.3, -0.25) is 5.32 Å². The van der Waals surface area contributed by atoms with E-state index in [1.54, 1.807) is 12.1 Å². The normalized spacial score (nSPS) is 14.7. The van der Waals surface area contributed by atoms with E-state index in [0.717, 1.165) is 12.1 Å². The van der Waals surface area contributed by atoms with Gasteiger partial charge in [0.15, 0.2) is 0 Å². The van der Waals surface area contributed by atoms with Crippen molar-refractivity contribution >= 4 is 29.2 Å². The number of nitrogens with one attached hydrogen (secondary N) is 1. The molecule has 0 atom stereocenters. The number of thiazole rings is 1. The third-order valence-electron chi connectivity index (χ3n) is 4.72. The zero-order valence-electron chi connectivity index (χ0n) is 15.6. The summed E-state index contributed by atoms with van der Waals surface area (Å²) in [6, 6.07) is 4.68. The standard InChI is InChI=1S/C19H23N3O5S/c1-2-13-11-28-17(20-13)15-9-14(23)3-4-16(15)21-18(24)27-10-12-5-7-22(8-6-12)19(25)26/h3-4,9,11-12,23H,2,5-8,10H2,1H3,(H,21,24)(H,25,26). The van der Waals surface area contributed by atoms with Crippen LogP contribution in [-0.2, 0) is 11.2 Å². The summed E-state index contributed by atoms with van der Waals surface area (Å²) < 4.78 is 5.33. The van der Waals surface area contributed by atoms with Gasteiger partial charge < -0.3 is 19.8 Å². The van der Waals surface area contributed by atoms with Crippen LogP contribution in [0.2, 0.25) is 0 Å². The molecular formula is C19H23N3O5S. The van der Waals surface area contributed by atoms with Crippen LogP contribution < -0.4 is 5.32 Å². The molecular weight excluding hydrogens is 382 g/mol. The maximum Gasteiger partial charge on any atom is 0.411 e. The number of likely N-dealkylation sites (tertiary alicyclic amines) is 1. The molecule has 1 aromatic heterocycles. The summed E-state index contributed by atoms with van der Waals surface area (Å²) in [4.78, 5) is 29.1. The zero-order valence-corrected chi connectivity index (χ0v) is 16.4. The van der Waals surface area contributed by atoms with Crippen molar-refractivity contribution in [1.82, 2.24) is 9.88 Å². The van der Waals surface area contributed by atoms with Crippen LogP contribution in [0.5, 0.6) is 5.75 Å². The molecule has 0 spiro atoms. The molecule has 0 bridgehead atoms. The number of anilines is 1. The Bertz CT molecular complexity index is 846. The maximum atomic E-state index is 12.2. The summed E-state index contributed by atoms with van der Waals surface area (Å²) in [5.74, 6) is 0.235. The maximum absolute atomic E-state index is 12.2.